The van der Waals surface area contributed by atoms with Crippen LogP contribution in [-0.2, 0) is 5.92 Å². The van der Waals surface area contributed by atoms with Gasteiger partial charge in [-0.25, -0.2) is 0 Å². The molecule has 0 aliphatic rings. The molecule has 1 N–H and O–H groups in total. The first-order chi connectivity index (χ1) is 15.7. The molecule has 6 heteroatoms. The number of rotatable bonds is 6. The maximum absolute atomic E-state index is 15.0. The van der Waals surface area contributed by atoms with E-state index < -0.39 is 18.4 Å². The normalized spacial score (nSPS) is 11.4. The fourth-order valence-corrected chi connectivity index (χ4v) is 3.84. The summed E-state index contributed by atoms with van der Waals surface area (Å²) >= 11 is 0. The number of benzene rings is 3. The highest BCUT2D eigenvalue weighted by Crippen LogP contribution is 2.33. The Balaban J connectivity index is 1.66. The van der Waals surface area contributed by atoms with Gasteiger partial charge in [0, 0.05) is 10.9 Å². The highest BCUT2D eigenvalue weighted by atomic mass is 19.3. The molecule has 0 aliphatic carbocycles. The molecule has 3 aromatic carbocycles. The van der Waals surface area contributed by atoms with Crippen molar-refractivity contribution in [2.75, 3.05) is 6.54 Å². The van der Waals surface area contributed by atoms with E-state index in [1.54, 1.807) is 49.4 Å². The van der Waals surface area contributed by atoms with Gasteiger partial charge in [-0.2, -0.15) is 8.78 Å². The third-order valence-corrected chi connectivity index (χ3v) is 5.43. The summed E-state index contributed by atoms with van der Waals surface area (Å²) in [6.45, 7) is 4.58. The molecule has 33 heavy (non-hydrogen) atoms. The number of nitrogens with zero attached hydrogens (tertiary/aromatic N) is 1. The Morgan fingerprint density at radius 2 is 1.73 bits per heavy atom. The highest BCUT2D eigenvalue weighted by molar-refractivity contribution is 6.08. The van der Waals surface area contributed by atoms with E-state index >= 15 is 0 Å². The number of halogens is 2. The van der Waals surface area contributed by atoms with Gasteiger partial charge in [0.25, 0.3) is 11.8 Å². The molecule has 1 aromatic heterocycles. The molecule has 0 aliphatic heterocycles. The largest absolute Gasteiger partial charge is 0.455 e. The van der Waals surface area contributed by atoms with Crippen molar-refractivity contribution in [3.05, 3.63) is 101 Å². The first-order valence-corrected chi connectivity index (χ1v) is 10.6. The summed E-state index contributed by atoms with van der Waals surface area (Å²) in [4.78, 5) is 17.6. The Morgan fingerprint density at radius 1 is 0.970 bits per heavy atom. The van der Waals surface area contributed by atoms with E-state index in [9.17, 15) is 13.6 Å². The van der Waals surface area contributed by atoms with Crippen LogP contribution in [0.25, 0.3) is 10.9 Å². The smallest absolute Gasteiger partial charge is 0.290 e. The molecule has 1 heterocycles. The Kier molecular flexibility index (Phi) is 6.09. The van der Waals surface area contributed by atoms with Crippen LogP contribution in [0.15, 0.2) is 72.9 Å². The topological polar surface area (TPSA) is 51.2 Å². The molecule has 0 spiro atoms. The van der Waals surface area contributed by atoms with Crippen LogP contribution in [-0.4, -0.2) is 17.4 Å². The number of hydrogen-bond acceptors (Lipinski definition) is 3. The number of amides is 1. The van der Waals surface area contributed by atoms with Crippen molar-refractivity contribution in [3.63, 3.8) is 0 Å². The van der Waals surface area contributed by atoms with E-state index in [2.05, 4.69) is 10.3 Å². The number of carbonyl (C=O) groups is 1. The Hall–Kier alpha value is -3.80. The van der Waals surface area contributed by atoms with Gasteiger partial charge in [-0.3, -0.25) is 9.78 Å². The predicted octanol–water partition coefficient (Wildman–Crippen LogP) is 6.47. The zero-order valence-corrected chi connectivity index (χ0v) is 18.7. The number of alkyl halides is 2. The number of para-hydroxylation sites is 1. The average molecular weight is 446 g/mol. The van der Waals surface area contributed by atoms with Gasteiger partial charge < -0.3 is 10.1 Å². The van der Waals surface area contributed by atoms with E-state index in [-0.39, 0.29) is 16.9 Å². The fraction of sp³-hybridized carbons (Fsp3) is 0.185. The van der Waals surface area contributed by atoms with Gasteiger partial charge in [-0.05, 0) is 50.1 Å². The number of nitrogens with one attached hydrogen (secondary N) is 1. The van der Waals surface area contributed by atoms with Crippen molar-refractivity contribution < 1.29 is 18.3 Å². The zero-order chi connectivity index (χ0) is 23.6. The van der Waals surface area contributed by atoms with Crippen molar-refractivity contribution in [2.24, 2.45) is 0 Å². The van der Waals surface area contributed by atoms with E-state index in [1.165, 1.54) is 12.3 Å². The van der Waals surface area contributed by atoms with Gasteiger partial charge in [0.1, 0.15) is 5.75 Å². The highest BCUT2D eigenvalue weighted by Gasteiger charge is 2.34. The second kappa shape index (κ2) is 8.98. The SMILES string of the molecule is Cc1cccc(Oc2cnc3ccccc3c2C(=O)NCC(F)(F)c2ccc(C)cc2C)c1. The van der Waals surface area contributed by atoms with Crippen molar-refractivity contribution >= 4 is 16.8 Å². The van der Waals surface area contributed by atoms with Crippen LogP contribution in [0.1, 0.15) is 32.6 Å². The molecule has 0 bridgehead atoms. The summed E-state index contributed by atoms with van der Waals surface area (Å²) in [6.07, 6.45) is 1.45. The van der Waals surface area contributed by atoms with Gasteiger partial charge in [-0.15, -0.1) is 0 Å². The lowest BCUT2D eigenvalue weighted by Gasteiger charge is -2.20. The molecule has 0 unspecified atom stereocenters. The van der Waals surface area contributed by atoms with Gasteiger partial charge in [-0.1, -0.05) is 54.1 Å². The number of hydrogen-bond donors (Lipinski definition) is 1. The number of aryl methyl sites for hydroxylation is 3. The second-order valence-corrected chi connectivity index (χ2v) is 8.14. The molecule has 0 radical (unpaired) electrons. The second-order valence-electron chi connectivity index (χ2n) is 8.14. The van der Waals surface area contributed by atoms with Crippen LogP contribution in [0.5, 0.6) is 11.5 Å². The van der Waals surface area contributed by atoms with E-state index in [0.29, 0.717) is 22.2 Å². The Morgan fingerprint density at radius 3 is 2.48 bits per heavy atom. The van der Waals surface area contributed by atoms with Gasteiger partial charge in [0.05, 0.1) is 23.8 Å². The van der Waals surface area contributed by atoms with Crippen molar-refractivity contribution in [1.82, 2.24) is 10.3 Å². The molecule has 1 amide bonds. The summed E-state index contributed by atoms with van der Waals surface area (Å²) < 4.78 is 35.9. The summed E-state index contributed by atoms with van der Waals surface area (Å²) in [7, 11) is 0. The summed E-state index contributed by atoms with van der Waals surface area (Å²) in [5.41, 5.74) is 2.99. The number of aromatic nitrogens is 1. The first-order valence-electron chi connectivity index (χ1n) is 10.6. The maximum atomic E-state index is 15.0. The third-order valence-electron chi connectivity index (χ3n) is 5.43. The number of carbonyl (C=O) groups excluding carboxylic acids is 1. The molecule has 4 rings (SSSR count). The van der Waals surface area contributed by atoms with E-state index in [0.717, 1.165) is 11.1 Å². The monoisotopic (exact) mass is 446 g/mol. The van der Waals surface area contributed by atoms with Crippen LogP contribution in [0.4, 0.5) is 8.78 Å². The van der Waals surface area contributed by atoms with Crippen LogP contribution in [0, 0.1) is 20.8 Å². The minimum absolute atomic E-state index is 0.107. The summed E-state index contributed by atoms with van der Waals surface area (Å²) in [5.74, 6) is -3.15. The molecule has 0 saturated carbocycles. The summed E-state index contributed by atoms with van der Waals surface area (Å²) in [6, 6.07) is 19.1. The fourth-order valence-electron chi connectivity index (χ4n) is 3.84. The standard InChI is InChI=1S/C27H24F2N2O2/c1-17-7-6-8-20(14-17)33-24-15-30-23-10-5-4-9-21(23)25(24)26(32)31-16-27(28,29)22-12-11-18(2)13-19(22)3/h4-15H,16H2,1-3H3,(H,31,32). The molecular formula is C27H24F2N2O2. The van der Waals surface area contributed by atoms with Crippen LogP contribution in [0.2, 0.25) is 0 Å². The van der Waals surface area contributed by atoms with Crippen LogP contribution >= 0.6 is 0 Å². The van der Waals surface area contributed by atoms with Crippen molar-refractivity contribution in [2.45, 2.75) is 26.7 Å². The Labute approximate surface area is 191 Å². The maximum Gasteiger partial charge on any atom is 0.290 e. The van der Waals surface area contributed by atoms with E-state index in [1.807, 2.05) is 32.0 Å². The molecule has 0 fully saturated rings. The summed E-state index contributed by atoms with van der Waals surface area (Å²) in [5, 5.41) is 2.94. The van der Waals surface area contributed by atoms with Crippen LogP contribution in [0.3, 0.4) is 0 Å². The average Bonchev–Trinajstić information content (AvgIpc) is 2.77. The lowest BCUT2D eigenvalue weighted by Crippen LogP contribution is -2.35. The Bertz CT molecular complexity index is 1340. The minimum Gasteiger partial charge on any atom is -0.455 e. The molecule has 4 aromatic rings. The van der Waals surface area contributed by atoms with Gasteiger partial charge >= 0.3 is 0 Å². The molecular weight excluding hydrogens is 422 g/mol. The van der Waals surface area contributed by atoms with Crippen molar-refractivity contribution in [3.8, 4) is 11.5 Å². The minimum atomic E-state index is -3.23. The van der Waals surface area contributed by atoms with Gasteiger partial charge in [0.2, 0.25) is 0 Å². The number of ether oxygens (including phenoxy) is 1. The molecule has 4 nitrogen and oxygen atoms in total. The first kappa shape index (κ1) is 22.4. The predicted molar refractivity (Wildman–Crippen MR) is 125 cm³/mol. The van der Waals surface area contributed by atoms with Gasteiger partial charge in [0.15, 0.2) is 5.75 Å². The molecule has 0 saturated heterocycles. The zero-order valence-electron chi connectivity index (χ0n) is 18.7. The van der Waals surface area contributed by atoms with Crippen LogP contribution < -0.4 is 10.1 Å². The molecule has 0 atom stereocenters. The lowest BCUT2D eigenvalue weighted by molar-refractivity contribution is -0.00308. The number of pyridine rings is 1. The number of fused-ring (bicyclic) bond motifs is 1. The van der Waals surface area contributed by atoms with Crippen molar-refractivity contribution in [1.29, 1.82) is 0 Å². The quantitative estimate of drug-likeness (QED) is 0.369. The lowest BCUT2D eigenvalue weighted by atomic mass is 10.00. The van der Waals surface area contributed by atoms with E-state index in [4.69, 9.17) is 4.74 Å². The molecule has 168 valence electrons. The third kappa shape index (κ3) is 4.85.